The van der Waals surface area contributed by atoms with Crippen LogP contribution < -0.4 is 10.1 Å². The van der Waals surface area contributed by atoms with Crippen LogP contribution in [-0.2, 0) is 11.3 Å². The normalized spacial score (nSPS) is 13.3. The van der Waals surface area contributed by atoms with E-state index in [2.05, 4.69) is 30.2 Å². The quantitative estimate of drug-likeness (QED) is 0.500. The summed E-state index contributed by atoms with van der Waals surface area (Å²) in [6, 6.07) is 18.8. The number of nitrogens with zero attached hydrogens (tertiary/aromatic N) is 3. The predicted octanol–water partition coefficient (Wildman–Crippen LogP) is 5.03. The molecule has 1 aliphatic heterocycles. The Hall–Kier alpha value is -4.18. The van der Waals surface area contributed by atoms with E-state index in [1.54, 1.807) is 24.4 Å². The van der Waals surface area contributed by atoms with Crippen LogP contribution in [0.3, 0.4) is 0 Å². The van der Waals surface area contributed by atoms with Gasteiger partial charge >= 0.3 is 0 Å². The number of nitrogens with one attached hydrogen (secondary N) is 1. The fourth-order valence-electron chi connectivity index (χ4n) is 4.37. The lowest BCUT2D eigenvalue weighted by molar-refractivity contribution is -0.114. The molecule has 0 bridgehead atoms. The Balaban J connectivity index is 1.53. The summed E-state index contributed by atoms with van der Waals surface area (Å²) < 4.78 is 6.13. The molecule has 0 aliphatic carbocycles. The average molecular weight is 469 g/mol. The van der Waals surface area contributed by atoms with Gasteiger partial charge in [0.15, 0.2) is 0 Å². The fourth-order valence-corrected chi connectivity index (χ4v) is 4.37. The van der Waals surface area contributed by atoms with Gasteiger partial charge < -0.3 is 15.0 Å². The van der Waals surface area contributed by atoms with Crippen LogP contribution in [0, 0.1) is 17.2 Å². The first kappa shape index (κ1) is 24.0. The molecule has 0 saturated heterocycles. The number of amides is 2. The van der Waals surface area contributed by atoms with Crippen molar-refractivity contribution in [2.45, 2.75) is 39.8 Å². The number of nitriles is 1. The molecule has 0 unspecified atom stereocenters. The van der Waals surface area contributed by atoms with E-state index >= 15 is 0 Å². The van der Waals surface area contributed by atoms with E-state index in [0.717, 1.165) is 28.7 Å². The van der Waals surface area contributed by atoms with Crippen molar-refractivity contribution in [3.8, 4) is 22.9 Å². The molecule has 1 atom stereocenters. The summed E-state index contributed by atoms with van der Waals surface area (Å²) in [6.45, 7) is 6.54. The van der Waals surface area contributed by atoms with E-state index < -0.39 is 0 Å². The highest BCUT2D eigenvalue weighted by Crippen LogP contribution is 2.30. The molecule has 2 amide bonds. The maximum absolute atomic E-state index is 13.0. The first-order valence-corrected chi connectivity index (χ1v) is 11.7. The number of benzene rings is 2. The zero-order chi connectivity index (χ0) is 24.9. The number of ether oxygens (including phenoxy) is 1. The molecule has 7 nitrogen and oxygen atoms in total. The summed E-state index contributed by atoms with van der Waals surface area (Å²) in [4.78, 5) is 30.4. The minimum atomic E-state index is -0.202. The number of hydrogen-bond donors (Lipinski definition) is 1. The van der Waals surface area contributed by atoms with Crippen molar-refractivity contribution >= 4 is 17.6 Å². The Labute approximate surface area is 205 Å². The monoisotopic (exact) mass is 468 g/mol. The number of aromatic nitrogens is 1. The van der Waals surface area contributed by atoms with E-state index in [4.69, 9.17) is 4.74 Å². The van der Waals surface area contributed by atoms with Crippen molar-refractivity contribution < 1.29 is 14.3 Å². The number of anilines is 1. The standard InChI is InChI=1S/C28H28N4O3/c1-18(2)12-24(32-16-22-6-4-5-7-25(22)28(32)34)17-35-26-9-8-20(13-23(26)15-29)21-10-11-30-27(14-21)31-19(3)33/h4-11,13-14,18,24H,12,16-17H2,1-3H3,(H,30,31,33)/t24-/m0/s1. The van der Waals surface area contributed by atoms with Gasteiger partial charge in [0.05, 0.1) is 11.6 Å². The van der Waals surface area contributed by atoms with E-state index in [1.165, 1.54) is 6.92 Å². The van der Waals surface area contributed by atoms with Crippen molar-refractivity contribution in [2.75, 3.05) is 11.9 Å². The van der Waals surface area contributed by atoms with Crippen LogP contribution in [0.1, 0.15) is 48.7 Å². The van der Waals surface area contributed by atoms with Gasteiger partial charge in [-0.15, -0.1) is 0 Å². The molecule has 1 aliphatic rings. The van der Waals surface area contributed by atoms with E-state index in [0.29, 0.717) is 36.2 Å². The van der Waals surface area contributed by atoms with Gasteiger partial charge in [0.1, 0.15) is 24.2 Å². The fraction of sp³-hybridized carbons (Fsp3) is 0.286. The van der Waals surface area contributed by atoms with Gasteiger partial charge in [-0.1, -0.05) is 38.1 Å². The van der Waals surface area contributed by atoms with Gasteiger partial charge in [-0.2, -0.15) is 5.26 Å². The molecular weight excluding hydrogens is 440 g/mol. The van der Waals surface area contributed by atoms with Gasteiger partial charge in [0.2, 0.25) is 5.91 Å². The number of pyridine rings is 1. The molecule has 2 aromatic carbocycles. The number of rotatable bonds is 8. The summed E-state index contributed by atoms with van der Waals surface area (Å²) in [5.74, 6) is 1.12. The maximum Gasteiger partial charge on any atom is 0.254 e. The molecule has 0 saturated carbocycles. The summed E-state index contributed by atoms with van der Waals surface area (Å²) in [6.07, 6.45) is 2.40. The summed E-state index contributed by atoms with van der Waals surface area (Å²) in [7, 11) is 0. The minimum absolute atomic E-state index is 0.0263. The molecule has 1 N–H and O–H groups in total. The van der Waals surface area contributed by atoms with Gasteiger partial charge in [-0.25, -0.2) is 4.98 Å². The van der Waals surface area contributed by atoms with Crippen LogP contribution in [0.25, 0.3) is 11.1 Å². The molecular formula is C28H28N4O3. The Bertz CT molecular complexity index is 1300. The zero-order valence-corrected chi connectivity index (χ0v) is 20.1. The molecule has 4 rings (SSSR count). The predicted molar refractivity (Wildman–Crippen MR) is 134 cm³/mol. The highest BCUT2D eigenvalue weighted by atomic mass is 16.5. The molecule has 0 radical (unpaired) electrons. The van der Waals surface area contributed by atoms with Gasteiger partial charge in [-0.05, 0) is 59.4 Å². The summed E-state index contributed by atoms with van der Waals surface area (Å²) >= 11 is 0. The van der Waals surface area contributed by atoms with Crippen LogP contribution in [0.2, 0.25) is 0 Å². The van der Waals surface area contributed by atoms with Crippen LogP contribution in [-0.4, -0.2) is 34.3 Å². The largest absolute Gasteiger partial charge is 0.490 e. The first-order valence-electron chi connectivity index (χ1n) is 11.7. The van der Waals surface area contributed by atoms with E-state index in [-0.39, 0.29) is 17.9 Å². The van der Waals surface area contributed by atoms with E-state index in [9.17, 15) is 14.9 Å². The molecule has 35 heavy (non-hydrogen) atoms. The number of fused-ring (bicyclic) bond motifs is 1. The third-order valence-electron chi connectivity index (χ3n) is 5.96. The first-order chi connectivity index (χ1) is 16.9. The second-order valence-electron chi connectivity index (χ2n) is 9.12. The Kier molecular flexibility index (Phi) is 7.11. The Morgan fingerprint density at radius 2 is 1.94 bits per heavy atom. The van der Waals surface area contributed by atoms with Crippen molar-refractivity contribution in [3.05, 3.63) is 77.5 Å². The van der Waals surface area contributed by atoms with Crippen LogP contribution >= 0.6 is 0 Å². The molecule has 0 fully saturated rings. The smallest absolute Gasteiger partial charge is 0.254 e. The van der Waals surface area contributed by atoms with Crippen molar-refractivity contribution in [3.63, 3.8) is 0 Å². The summed E-state index contributed by atoms with van der Waals surface area (Å²) in [5.41, 5.74) is 3.82. The Morgan fingerprint density at radius 3 is 2.66 bits per heavy atom. The number of hydrogen-bond acceptors (Lipinski definition) is 5. The maximum atomic E-state index is 13.0. The molecule has 7 heteroatoms. The minimum Gasteiger partial charge on any atom is -0.490 e. The zero-order valence-electron chi connectivity index (χ0n) is 20.1. The van der Waals surface area contributed by atoms with Crippen LogP contribution in [0.5, 0.6) is 5.75 Å². The highest BCUT2D eigenvalue weighted by molar-refractivity contribution is 5.98. The third-order valence-corrected chi connectivity index (χ3v) is 5.96. The average Bonchev–Trinajstić information content (AvgIpc) is 3.17. The third kappa shape index (κ3) is 5.49. The molecule has 3 aromatic rings. The van der Waals surface area contributed by atoms with Gasteiger partial charge in [-0.3, -0.25) is 9.59 Å². The van der Waals surface area contributed by atoms with Crippen molar-refractivity contribution in [1.82, 2.24) is 9.88 Å². The van der Waals surface area contributed by atoms with Gasteiger partial charge in [0, 0.05) is 25.2 Å². The second-order valence-corrected chi connectivity index (χ2v) is 9.12. The second kappa shape index (κ2) is 10.4. The highest BCUT2D eigenvalue weighted by Gasteiger charge is 2.33. The topological polar surface area (TPSA) is 95.3 Å². The van der Waals surface area contributed by atoms with Crippen LogP contribution in [0.4, 0.5) is 5.82 Å². The van der Waals surface area contributed by atoms with Gasteiger partial charge in [0.25, 0.3) is 5.91 Å². The molecule has 178 valence electrons. The molecule has 1 aromatic heterocycles. The Morgan fingerprint density at radius 1 is 1.17 bits per heavy atom. The van der Waals surface area contributed by atoms with Crippen molar-refractivity contribution in [1.29, 1.82) is 5.26 Å². The van der Waals surface area contributed by atoms with E-state index in [1.807, 2.05) is 41.3 Å². The number of carbonyl (C=O) groups excluding carboxylic acids is 2. The summed E-state index contributed by atoms with van der Waals surface area (Å²) in [5, 5.41) is 12.5. The number of carbonyl (C=O) groups is 2. The molecule has 0 spiro atoms. The SMILES string of the molecule is CC(=O)Nc1cc(-c2ccc(OC[C@H](CC(C)C)N3Cc4ccccc4C3=O)c(C#N)c2)ccn1. The van der Waals surface area contributed by atoms with Crippen molar-refractivity contribution in [2.24, 2.45) is 5.92 Å². The van der Waals surface area contributed by atoms with Crippen LogP contribution in [0.15, 0.2) is 60.8 Å². The molecule has 2 heterocycles. The lowest BCUT2D eigenvalue weighted by Gasteiger charge is -2.29. The lowest BCUT2D eigenvalue weighted by Crippen LogP contribution is -2.40. The lowest BCUT2D eigenvalue weighted by atomic mass is 10.0.